The zero-order valence-corrected chi connectivity index (χ0v) is 19.3. The van der Waals surface area contributed by atoms with Gasteiger partial charge in [0.05, 0.1) is 10.6 Å². The number of aromatic nitrogens is 1. The molecular formula is C23H21N3O5S2. The van der Waals surface area contributed by atoms with Crippen molar-refractivity contribution < 1.29 is 22.4 Å². The maximum Gasteiger partial charge on any atom is 0.293 e. The van der Waals surface area contributed by atoms with Gasteiger partial charge in [0.2, 0.25) is 10.0 Å². The Labute approximate surface area is 195 Å². The number of hydrogen-bond donors (Lipinski definition) is 2. The molecule has 4 aromatic rings. The molecule has 10 heteroatoms. The van der Waals surface area contributed by atoms with Crippen LogP contribution in [0.4, 0.5) is 5.13 Å². The van der Waals surface area contributed by atoms with E-state index in [0.717, 1.165) is 16.1 Å². The fraction of sp³-hybridized carbons (Fsp3) is 0.130. The number of nitrogens with zero attached hydrogens (tertiary/aromatic N) is 1. The Morgan fingerprint density at radius 2 is 1.82 bits per heavy atom. The molecule has 0 aliphatic heterocycles. The van der Waals surface area contributed by atoms with E-state index < -0.39 is 15.9 Å². The summed E-state index contributed by atoms with van der Waals surface area (Å²) >= 11 is 1.35. The van der Waals surface area contributed by atoms with Gasteiger partial charge in [-0.05, 0) is 48.9 Å². The highest BCUT2D eigenvalue weighted by molar-refractivity contribution is 7.89. The van der Waals surface area contributed by atoms with Crippen molar-refractivity contribution in [1.82, 2.24) is 4.98 Å². The first-order chi connectivity index (χ1) is 15.8. The summed E-state index contributed by atoms with van der Waals surface area (Å²) in [6.45, 7) is 2.06. The molecule has 0 saturated carbocycles. The van der Waals surface area contributed by atoms with Gasteiger partial charge >= 0.3 is 0 Å². The average Bonchev–Trinajstić information content (AvgIpc) is 3.39. The molecule has 0 unspecified atom stereocenters. The second kappa shape index (κ2) is 9.57. The summed E-state index contributed by atoms with van der Waals surface area (Å²) in [6.07, 6.45) is 0.548. The number of amides is 1. The number of hydrogen-bond acceptors (Lipinski definition) is 7. The predicted octanol–water partition coefficient (Wildman–Crippen LogP) is 4.11. The molecule has 33 heavy (non-hydrogen) atoms. The number of primary sulfonamides is 1. The Hall–Kier alpha value is -3.47. The molecule has 0 aliphatic rings. The van der Waals surface area contributed by atoms with Gasteiger partial charge < -0.3 is 9.15 Å². The van der Waals surface area contributed by atoms with E-state index in [9.17, 15) is 13.2 Å². The van der Waals surface area contributed by atoms with Crippen LogP contribution < -0.4 is 15.2 Å². The Morgan fingerprint density at radius 3 is 2.52 bits per heavy atom. The number of nitrogens with two attached hydrogens (primary N) is 1. The van der Waals surface area contributed by atoms with Crippen molar-refractivity contribution in [2.45, 2.75) is 24.8 Å². The fourth-order valence-corrected chi connectivity index (χ4v) is 4.54. The van der Waals surface area contributed by atoms with Gasteiger partial charge in [0.1, 0.15) is 18.1 Å². The van der Waals surface area contributed by atoms with Gasteiger partial charge in [-0.1, -0.05) is 30.3 Å². The zero-order chi connectivity index (χ0) is 23.4. The largest absolute Gasteiger partial charge is 0.486 e. The van der Waals surface area contributed by atoms with Crippen molar-refractivity contribution in [2.24, 2.45) is 5.14 Å². The molecule has 2 aromatic heterocycles. The van der Waals surface area contributed by atoms with Crippen molar-refractivity contribution in [1.29, 1.82) is 0 Å². The lowest BCUT2D eigenvalue weighted by atomic mass is 10.1. The molecule has 8 nitrogen and oxygen atoms in total. The molecule has 0 atom stereocenters. The van der Waals surface area contributed by atoms with E-state index in [2.05, 4.69) is 10.3 Å². The molecule has 2 heterocycles. The van der Waals surface area contributed by atoms with Crippen molar-refractivity contribution in [3.8, 4) is 5.75 Å². The molecule has 0 radical (unpaired) electrons. The Morgan fingerprint density at radius 1 is 1.09 bits per heavy atom. The van der Waals surface area contributed by atoms with E-state index in [1.165, 1.54) is 23.5 Å². The van der Waals surface area contributed by atoms with Crippen LogP contribution in [0, 0.1) is 6.92 Å². The minimum atomic E-state index is -3.73. The first-order valence-corrected chi connectivity index (χ1v) is 12.3. The molecule has 0 fully saturated rings. The highest BCUT2D eigenvalue weighted by Gasteiger charge is 2.16. The van der Waals surface area contributed by atoms with Gasteiger partial charge in [-0.2, -0.15) is 0 Å². The molecule has 4 rings (SSSR count). The number of carbonyl (C=O) groups excluding carboxylic acids is 1. The second-order valence-corrected chi connectivity index (χ2v) is 9.86. The molecule has 170 valence electrons. The van der Waals surface area contributed by atoms with Crippen LogP contribution in [0.1, 0.15) is 32.4 Å². The fourth-order valence-electron chi connectivity index (χ4n) is 3.04. The van der Waals surface area contributed by atoms with Crippen LogP contribution in [-0.2, 0) is 23.1 Å². The Bertz CT molecular complexity index is 1360. The van der Waals surface area contributed by atoms with Gasteiger partial charge in [-0.15, -0.1) is 11.3 Å². The summed E-state index contributed by atoms with van der Waals surface area (Å²) in [7, 11) is -3.73. The van der Waals surface area contributed by atoms with E-state index in [1.54, 1.807) is 24.3 Å². The smallest absolute Gasteiger partial charge is 0.293 e. The molecular weight excluding hydrogens is 462 g/mol. The second-order valence-electron chi connectivity index (χ2n) is 7.22. The standard InChI is InChI=1S/C23H21N3O5S2/c1-15-21(13-16-7-10-19(11-8-16)33(24,28)29)32-23(25-15)26-22(27)20-12-9-18(31-20)14-30-17-5-3-2-4-6-17/h2-12H,13-14H2,1H3,(H2,24,28,29)(H,25,26,27). The van der Waals surface area contributed by atoms with Crippen LogP contribution >= 0.6 is 11.3 Å². The number of ether oxygens (including phenoxy) is 1. The number of sulfonamides is 1. The van der Waals surface area contributed by atoms with Crippen LogP contribution in [0.5, 0.6) is 5.75 Å². The number of para-hydroxylation sites is 1. The number of nitrogens with one attached hydrogen (secondary N) is 1. The van der Waals surface area contributed by atoms with Crippen LogP contribution in [-0.4, -0.2) is 19.3 Å². The summed E-state index contributed by atoms with van der Waals surface area (Å²) in [6, 6.07) is 19.0. The SMILES string of the molecule is Cc1nc(NC(=O)c2ccc(COc3ccccc3)o2)sc1Cc1ccc(S(N)(=O)=O)cc1. The Kier molecular flexibility index (Phi) is 6.59. The van der Waals surface area contributed by atoms with E-state index in [1.807, 2.05) is 37.3 Å². The summed E-state index contributed by atoms with van der Waals surface area (Å²) in [5.74, 6) is 1.00. The van der Waals surface area contributed by atoms with Gasteiger partial charge in [-0.3, -0.25) is 10.1 Å². The number of anilines is 1. The maximum atomic E-state index is 12.6. The highest BCUT2D eigenvalue weighted by Crippen LogP contribution is 2.26. The van der Waals surface area contributed by atoms with Crippen LogP contribution in [0.15, 0.2) is 76.0 Å². The van der Waals surface area contributed by atoms with E-state index in [-0.39, 0.29) is 17.3 Å². The first-order valence-electron chi connectivity index (χ1n) is 9.94. The van der Waals surface area contributed by atoms with Crippen LogP contribution in [0.2, 0.25) is 0 Å². The average molecular weight is 484 g/mol. The van der Waals surface area contributed by atoms with E-state index in [4.69, 9.17) is 14.3 Å². The highest BCUT2D eigenvalue weighted by atomic mass is 32.2. The van der Waals surface area contributed by atoms with Crippen molar-refractivity contribution in [2.75, 3.05) is 5.32 Å². The van der Waals surface area contributed by atoms with Crippen molar-refractivity contribution in [3.63, 3.8) is 0 Å². The summed E-state index contributed by atoms with van der Waals surface area (Å²) < 4.78 is 34.0. The van der Waals surface area contributed by atoms with Crippen molar-refractivity contribution in [3.05, 3.63) is 94.4 Å². The van der Waals surface area contributed by atoms with Crippen LogP contribution in [0.3, 0.4) is 0 Å². The lowest BCUT2D eigenvalue weighted by Gasteiger charge is -2.03. The number of carbonyl (C=O) groups is 1. The summed E-state index contributed by atoms with van der Waals surface area (Å²) in [5.41, 5.74) is 1.68. The normalized spacial score (nSPS) is 11.3. The Balaban J connectivity index is 1.37. The predicted molar refractivity (Wildman–Crippen MR) is 125 cm³/mol. The molecule has 0 spiro atoms. The van der Waals surface area contributed by atoms with Crippen molar-refractivity contribution >= 4 is 32.4 Å². The molecule has 3 N–H and O–H groups in total. The quantitative estimate of drug-likeness (QED) is 0.389. The third-order valence-corrected chi connectivity index (χ3v) is 6.74. The zero-order valence-electron chi connectivity index (χ0n) is 17.6. The van der Waals surface area contributed by atoms with Gasteiger partial charge in [0.15, 0.2) is 10.9 Å². The summed E-state index contributed by atoms with van der Waals surface area (Å²) in [4.78, 5) is 18.0. The third-order valence-electron chi connectivity index (χ3n) is 4.74. The van der Waals surface area contributed by atoms with Gasteiger partial charge in [0, 0.05) is 11.3 Å². The minimum Gasteiger partial charge on any atom is -0.486 e. The molecule has 0 aliphatic carbocycles. The lowest BCUT2D eigenvalue weighted by molar-refractivity contribution is 0.0992. The maximum absolute atomic E-state index is 12.6. The molecule has 0 saturated heterocycles. The van der Waals surface area contributed by atoms with E-state index >= 15 is 0 Å². The monoisotopic (exact) mass is 483 g/mol. The number of rotatable bonds is 8. The number of benzene rings is 2. The molecule has 1 amide bonds. The molecule has 0 bridgehead atoms. The van der Waals surface area contributed by atoms with E-state index in [0.29, 0.717) is 23.1 Å². The topological polar surface area (TPSA) is 125 Å². The minimum absolute atomic E-state index is 0.0622. The van der Waals surface area contributed by atoms with Gasteiger partial charge in [0.25, 0.3) is 5.91 Å². The molecule has 2 aromatic carbocycles. The first kappa shape index (κ1) is 22.7. The number of aryl methyl sites for hydroxylation is 1. The van der Waals surface area contributed by atoms with Crippen LogP contribution in [0.25, 0.3) is 0 Å². The number of furan rings is 1. The lowest BCUT2D eigenvalue weighted by Crippen LogP contribution is -2.11. The summed E-state index contributed by atoms with van der Waals surface area (Å²) in [5, 5.41) is 8.35. The number of thiazole rings is 1. The van der Waals surface area contributed by atoms with Gasteiger partial charge in [-0.25, -0.2) is 18.5 Å². The third kappa shape index (κ3) is 5.86.